The fourth-order valence-corrected chi connectivity index (χ4v) is 2.82. The molecule has 0 aromatic heterocycles. The molecule has 1 N–H and O–H groups in total. The van der Waals surface area contributed by atoms with Gasteiger partial charge in [-0.05, 0) is 66.9 Å². The smallest absolute Gasteiger partial charge is 0.123 e. The zero-order chi connectivity index (χ0) is 13.2. The van der Waals surface area contributed by atoms with Crippen molar-refractivity contribution in [3.63, 3.8) is 0 Å². The van der Waals surface area contributed by atoms with E-state index in [-0.39, 0.29) is 11.2 Å². The van der Waals surface area contributed by atoms with Gasteiger partial charge in [-0.3, -0.25) is 0 Å². The quantitative estimate of drug-likeness (QED) is 0.843. The highest BCUT2D eigenvalue weighted by Gasteiger charge is 2.21. The van der Waals surface area contributed by atoms with E-state index in [1.807, 2.05) is 6.07 Å². The van der Waals surface area contributed by atoms with E-state index >= 15 is 0 Å². The Kier molecular flexibility index (Phi) is 4.06. The summed E-state index contributed by atoms with van der Waals surface area (Å²) < 4.78 is 13.4. The number of halogens is 1. The van der Waals surface area contributed by atoms with Gasteiger partial charge >= 0.3 is 0 Å². The number of rotatable bonds is 2. The molecular formula is C16H24FN. The van der Waals surface area contributed by atoms with Crippen molar-refractivity contribution >= 4 is 0 Å². The van der Waals surface area contributed by atoms with Crippen molar-refractivity contribution in [1.29, 1.82) is 0 Å². The Labute approximate surface area is 110 Å². The first-order valence-corrected chi connectivity index (χ1v) is 6.96. The maximum absolute atomic E-state index is 13.4. The molecule has 1 saturated heterocycles. The molecule has 0 aliphatic carbocycles. The predicted octanol–water partition coefficient (Wildman–Crippen LogP) is 3.67. The largest absolute Gasteiger partial charge is 0.317 e. The lowest BCUT2D eigenvalue weighted by atomic mass is 9.80. The maximum Gasteiger partial charge on any atom is 0.123 e. The molecule has 1 heterocycles. The van der Waals surface area contributed by atoms with E-state index < -0.39 is 0 Å². The van der Waals surface area contributed by atoms with E-state index in [0.717, 1.165) is 25.4 Å². The van der Waals surface area contributed by atoms with Gasteiger partial charge in [0, 0.05) is 0 Å². The Morgan fingerprint density at radius 1 is 1.22 bits per heavy atom. The van der Waals surface area contributed by atoms with Crippen LogP contribution < -0.4 is 5.32 Å². The molecule has 1 aromatic carbocycles. The third-order valence-corrected chi connectivity index (χ3v) is 3.85. The zero-order valence-corrected chi connectivity index (χ0v) is 11.7. The Balaban J connectivity index is 2.21. The normalized spacial score (nSPS) is 18.0. The number of hydrogen-bond donors (Lipinski definition) is 1. The standard InChI is InChI=1S/C16H24FN/c1-16(2,3)15-11-14(17)5-4-13(15)10-12-6-8-18-9-7-12/h4-5,11-12,18H,6-10H2,1-3H3. The van der Waals surface area contributed by atoms with Crippen molar-refractivity contribution in [2.24, 2.45) is 5.92 Å². The lowest BCUT2D eigenvalue weighted by Gasteiger charge is -2.27. The van der Waals surface area contributed by atoms with Crippen LogP contribution in [0.5, 0.6) is 0 Å². The molecule has 0 bridgehead atoms. The molecule has 0 spiro atoms. The molecule has 1 fully saturated rings. The van der Waals surface area contributed by atoms with Crippen LogP contribution in [0.25, 0.3) is 0 Å². The molecule has 2 rings (SSSR count). The summed E-state index contributed by atoms with van der Waals surface area (Å²) in [7, 11) is 0. The van der Waals surface area contributed by atoms with Crippen molar-refractivity contribution < 1.29 is 4.39 Å². The highest BCUT2D eigenvalue weighted by atomic mass is 19.1. The predicted molar refractivity (Wildman–Crippen MR) is 74.4 cm³/mol. The Hall–Kier alpha value is -0.890. The Bertz CT molecular complexity index is 400. The van der Waals surface area contributed by atoms with Gasteiger partial charge in [0.05, 0.1) is 0 Å². The summed E-state index contributed by atoms with van der Waals surface area (Å²) in [6, 6.07) is 5.31. The molecule has 1 aliphatic rings. The van der Waals surface area contributed by atoms with Crippen molar-refractivity contribution in [3.8, 4) is 0 Å². The average Bonchev–Trinajstić information content (AvgIpc) is 2.31. The highest BCUT2D eigenvalue weighted by molar-refractivity contribution is 5.33. The van der Waals surface area contributed by atoms with Gasteiger partial charge in [0.1, 0.15) is 5.82 Å². The zero-order valence-electron chi connectivity index (χ0n) is 11.7. The molecule has 0 amide bonds. The van der Waals surface area contributed by atoms with Crippen LogP contribution in [0, 0.1) is 11.7 Å². The number of nitrogens with one attached hydrogen (secondary N) is 1. The van der Waals surface area contributed by atoms with Crippen LogP contribution in [-0.2, 0) is 11.8 Å². The lowest BCUT2D eigenvalue weighted by Crippen LogP contribution is -2.29. The van der Waals surface area contributed by atoms with Crippen LogP contribution in [0.1, 0.15) is 44.7 Å². The van der Waals surface area contributed by atoms with Crippen LogP contribution in [-0.4, -0.2) is 13.1 Å². The average molecular weight is 249 g/mol. The Morgan fingerprint density at radius 3 is 2.50 bits per heavy atom. The summed E-state index contributed by atoms with van der Waals surface area (Å²) in [5.41, 5.74) is 2.52. The first-order chi connectivity index (χ1) is 8.47. The van der Waals surface area contributed by atoms with Gasteiger partial charge in [0.2, 0.25) is 0 Å². The molecule has 1 aromatic rings. The van der Waals surface area contributed by atoms with Gasteiger partial charge in [-0.2, -0.15) is 0 Å². The molecular weight excluding hydrogens is 225 g/mol. The van der Waals surface area contributed by atoms with E-state index in [1.165, 1.54) is 24.0 Å². The van der Waals surface area contributed by atoms with Gasteiger partial charge in [0.15, 0.2) is 0 Å². The van der Waals surface area contributed by atoms with Crippen LogP contribution in [0.3, 0.4) is 0 Å². The number of hydrogen-bond acceptors (Lipinski definition) is 1. The molecule has 18 heavy (non-hydrogen) atoms. The van der Waals surface area contributed by atoms with Crippen LogP contribution in [0.2, 0.25) is 0 Å². The molecule has 1 nitrogen and oxygen atoms in total. The van der Waals surface area contributed by atoms with Crippen molar-refractivity contribution in [3.05, 3.63) is 35.1 Å². The van der Waals surface area contributed by atoms with E-state index in [2.05, 4.69) is 26.1 Å². The fraction of sp³-hybridized carbons (Fsp3) is 0.625. The van der Waals surface area contributed by atoms with Crippen molar-refractivity contribution in [2.45, 2.75) is 45.4 Å². The van der Waals surface area contributed by atoms with E-state index in [9.17, 15) is 4.39 Å². The minimum Gasteiger partial charge on any atom is -0.317 e. The second-order valence-electron chi connectivity index (χ2n) is 6.45. The summed E-state index contributed by atoms with van der Waals surface area (Å²) >= 11 is 0. The summed E-state index contributed by atoms with van der Waals surface area (Å²) in [6.07, 6.45) is 3.57. The maximum atomic E-state index is 13.4. The van der Waals surface area contributed by atoms with Gasteiger partial charge < -0.3 is 5.32 Å². The van der Waals surface area contributed by atoms with Gasteiger partial charge in [-0.15, -0.1) is 0 Å². The Morgan fingerprint density at radius 2 is 1.89 bits per heavy atom. The summed E-state index contributed by atoms with van der Waals surface area (Å²) in [5, 5.41) is 3.39. The third-order valence-electron chi connectivity index (χ3n) is 3.85. The first kappa shape index (κ1) is 13.5. The monoisotopic (exact) mass is 249 g/mol. The van der Waals surface area contributed by atoms with Gasteiger partial charge in [-0.25, -0.2) is 4.39 Å². The van der Waals surface area contributed by atoms with Crippen molar-refractivity contribution in [1.82, 2.24) is 5.32 Å². The summed E-state index contributed by atoms with van der Waals surface area (Å²) in [4.78, 5) is 0. The summed E-state index contributed by atoms with van der Waals surface area (Å²) in [5.74, 6) is 0.631. The second-order valence-corrected chi connectivity index (χ2v) is 6.45. The molecule has 0 radical (unpaired) electrons. The van der Waals surface area contributed by atoms with Gasteiger partial charge in [0.25, 0.3) is 0 Å². The molecule has 100 valence electrons. The minimum atomic E-state index is -0.117. The lowest BCUT2D eigenvalue weighted by molar-refractivity contribution is 0.370. The number of piperidine rings is 1. The van der Waals surface area contributed by atoms with Crippen LogP contribution in [0.4, 0.5) is 4.39 Å². The van der Waals surface area contributed by atoms with E-state index in [1.54, 1.807) is 12.1 Å². The molecule has 0 atom stereocenters. The minimum absolute atomic E-state index is 0.0182. The molecule has 0 unspecified atom stereocenters. The topological polar surface area (TPSA) is 12.0 Å². The number of benzene rings is 1. The SMILES string of the molecule is CC(C)(C)c1cc(F)ccc1CC1CCNCC1. The molecule has 1 aliphatic heterocycles. The van der Waals surface area contributed by atoms with E-state index in [0.29, 0.717) is 0 Å². The third kappa shape index (κ3) is 3.32. The summed E-state index contributed by atoms with van der Waals surface area (Å²) in [6.45, 7) is 8.72. The van der Waals surface area contributed by atoms with Gasteiger partial charge in [-0.1, -0.05) is 26.8 Å². The van der Waals surface area contributed by atoms with Crippen LogP contribution >= 0.6 is 0 Å². The van der Waals surface area contributed by atoms with Crippen molar-refractivity contribution in [2.75, 3.05) is 13.1 Å². The fourth-order valence-electron chi connectivity index (χ4n) is 2.82. The highest BCUT2D eigenvalue weighted by Crippen LogP contribution is 2.29. The van der Waals surface area contributed by atoms with Crippen LogP contribution in [0.15, 0.2) is 18.2 Å². The van der Waals surface area contributed by atoms with E-state index in [4.69, 9.17) is 0 Å². The molecule has 2 heteroatoms. The second kappa shape index (κ2) is 5.40. The first-order valence-electron chi connectivity index (χ1n) is 6.96. The molecule has 0 saturated carbocycles.